The summed E-state index contributed by atoms with van der Waals surface area (Å²) in [4.78, 5) is 35.1. The summed E-state index contributed by atoms with van der Waals surface area (Å²) >= 11 is 1.04. The van der Waals surface area contributed by atoms with Crippen LogP contribution in [0.15, 0.2) is 36.4 Å². The van der Waals surface area contributed by atoms with E-state index >= 15 is 0 Å². The van der Waals surface area contributed by atoms with E-state index < -0.39 is 17.4 Å². The molecule has 0 bridgehead atoms. The van der Waals surface area contributed by atoms with Crippen LogP contribution >= 0.6 is 11.3 Å². The lowest BCUT2D eigenvalue weighted by molar-refractivity contribution is -0.118. The molecular formula is C16H16N4O3S. The van der Waals surface area contributed by atoms with Gasteiger partial charge in [0.1, 0.15) is 5.00 Å². The fourth-order valence-corrected chi connectivity index (χ4v) is 3.56. The van der Waals surface area contributed by atoms with Gasteiger partial charge < -0.3 is 16.8 Å². The zero-order valence-corrected chi connectivity index (χ0v) is 13.5. The second-order valence-electron chi connectivity index (χ2n) is 5.61. The van der Waals surface area contributed by atoms with Crippen LogP contribution in [0.1, 0.15) is 28.8 Å². The highest BCUT2D eigenvalue weighted by molar-refractivity contribution is 7.20. The Balaban J connectivity index is 1.82. The Kier molecular flexibility index (Phi) is 3.98. The van der Waals surface area contributed by atoms with Crippen LogP contribution in [0.5, 0.6) is 0 Å². The van der Waals surface area contributed by atoms with Gasteiger partial charge in [0.25, 0.3) is 5.91 Å². The molecule has 0 unspecified atom stereocenters. The maximum absolute atomic E-state index is 12.7. The van der Waals surface area contributed by atoms with Crippen molar-refractivity contribution in [3.8, 4) is 0 Å². The molecule has 0 radical (unpaired) electrons. The van der Waals surface area contributed by atoms with Crippen LogP contribution in [0, 0.1) is 0 Å². The van der Waals surface area contributed by atoms with Gasteiger partial charge in [0.2, 0.25) is 5.91 Å². The van der Waals surface area contributed by atoms with Gasteiger partial charge in [-0.3, -0.25) is 14.9 Å². The molecule has 1 fully saturated rings. The second kappa shape index (κ2) is 5.97. The van der Waals surface area contributed by atoms with Gasteiger partial charge in [-0.05, 0) is 24.5 Å². The average molecular weight is 344 g/mol. The minimum absolute atomic E-state index is 0.110. The first-order valence-electron chi connectivity index (χ1n) is 7.29. The highest BCUT2D eigenvalue weighted by Gasteiger charge is 2.51. The molecule has 1 aliphatic rings. The Labute approximate surface area is 142 Å². The Morgan fingerprint density at radius 3 is 2.25 bits per heavy atom. The standard InChI is InChI=1S/C16H16N4O3S/c17-12(21)10-8-11(24-13(10)20-15(18)23)19-14(22)16(6-7-16)9-4-2-1-3-5-9/h1-5,8H,6-7H2,(H2,17,21)(H,19,22)(H3,18,20,23). The molecule has 3 rings (SSSR count). The number of amides is 4. The summed E-state index contributed by atoms with van der Waals surface area (Å²) in [6, 6.07) is 10.2. The maximum atomic E-state index is 12.7. The molecular weight excluding hydrogens is 328 g/mol. The van der Waals surface area contributed by atoms with Crippen LogP contribution < -0.4 is 22.1 Å². The molecule has 1 aromatic heterocycles. The van der Waals surface area contributed by atoms with Gasteiger partial charge in [-0.2, -0.15) is 0 Å². The number of nitrogens with two attached hydrogens (primary N) is 2. The molecule has 2 aromatic rings. The molecule has 0 atom stereocenters. The number of carbonyl (C=O) groups excluding carboxylic acids is 3. The van der Waals surface area contributed by atoms with Crippen molar-refractivity contribution in [2.75, 3.05) is 10.6 Å². The van der Waals surface area contributed by atoms with Gasteiger partial charge in [0.15, 0.2) is 0 Å². The summed E-state index contributed by atoms with van der Waals surface area (Å²) in [5.74, 6) is -0.851. The number of hydrogen-bond acceptors (Lipinski definition) is 4. The molecule has 1 heterocycles. The smallest absolute Gasteiger partial charge is 0.317 e. The van der Waals surface area contributed by atoms with Crippen molar-refractivity contribution in [1.82, 2.24) is 0 Å². The molecule has 4 amide bonds. The predicted octanol–water partition coefficient (Wildman–Crippen LogP) is 2.01. The summed E-state index contributed by atoms with van der Waals surface area (Å²) < 4.78 is 0. The van der Waals surface area contributed by atoms with Crippen molar-refractivity contribution in [2.45, 2.75) is 18.3 Å². The Bertz CT molecular complexity index is 812. The third kappa shape index (κ3) is 2.95. The minimum atomic E-state index is -0.805. The first-order valence-corrected chi connectivity index (χ1v) is 8.11. The third-order valence-electron chi connectivity index (χ3n) is 3.98. The second-order valence-corrected chi connectivity index (χ2v) is 6.66. The number of benzene rings is 1. The van der Waals surface area contributed by atoms with Crippen molar-refractivity contribution in [1.29, 1.82) is 0 Å². The van der Waals surface area contributed by atoms with Gasteiger partial charge in [-0.25, -0.2) is 4.79 Å². The predicted molar refractivity (Wildman–Crippen MR) is 92.0 cm³/mol. The Morgan fingerprint density at radius 2 is 1.71 bits per heavy atom. The maximum Gasteiger partial charge on any atom is 0.317 e. The number of primary amides is 2. The van der Waals surface area contributed by atoms with Crippen molar-refractivity contribution >= 4 is 39.2 Å². The molecule has 1 saturated carbocycles. The molecule has 1 aromatic carbocycles. The van der Waals surface area contributed by atoms with Crippen LogP contribution in [0.3, 0.4) is 0 Å². The van der Waals surface area contributed by atoms with E-state index in [1.54, 1.807) is 0 Å². The summed E-state index contributed by atoms with van der Waals surface area (Å²) in [6.45, 7) is 0. The normalized spacial score (nSPS) is 14.7. The van der Waals surface area contributed by atoms with Gasteiger partial charge in [0, 0.05) is 0 Å². The number of nitrogens with one attached hydrogen (secondary N) is 2. The summed E-state index contributed by atoms with van der Waals surface area (Å²) in [5.41, 5.74) is 10.9. The third-order valence-corrected chi connectivity index (χ3v) is 4.95. The molecule has 7 nitrogen and oxygen atoms in total. The fourth-order valence-electron chi connectivity index (χ4n) is 2.60. The van der Waals surface area contributed by atoms with E-state index in [1.807, 2.05) is 30.3 Å². The Hall–Kier alpha value is -2.87. The van der Waals surface area contributed by atoms with Crippen LogP contribution in [-0.2, 0) is 10.2 Å². The monoisotopic (exact) mass is 344 g/mol. The lowest BCUT2D eigenvalue weighted by atomic mass is 9.95. The largest absolute Gasteiger partial charge is 0.366 e. The topological polar surface area (TPSA) is 127 Å². The first kappa shape index (κ1) is 16.0. The van der Waals surface area contributed by atoms with Crippen LogP contribution in [-0.4, -0.2) is 17.8 Å². The van der Waals surface area contributed by atoms with E-state index in [9.17, 15) is 14.4 Å². The minimum Gasteiger partial charge on any atom is -0.366 e. The first-order chi connectivity index (χ1) is 11.4. The molecule has 0 aliphatic heterocycles. The van der Waals surface area contributed by atoms with Crippen molar-refractivity contribution in [3.05, 3.63) is 47.5 Å². The molecule has 8 heteroatoms. The highest BCUT2D eigenvalue weighted by atomic mass is 32.1. The molecule has 24 heavy (non-hydrogen) atoms. The van der Waals surface area contributed by atoms with E-state index in [0.717, 1.165) is 29.7 Å². The lowest BCUT2D eigenvalue weighted by Gasteiger charge is -2.14. The van der Waals surface area contributed by atoms with Crippen LogP contribution in [0.4, 0.5) is 14.8 Å². The van der Waals surface area contributed by atoms with Crippen LogP contribution in [0.25, 0.3) is 0 Å². The quantitative estimate of drug-likeness (QED) is 0.662. The molecule has 0 spiro atoms. The van der Waals surface area contributed by atoms with Gasteiger partial charge in [-0.1, -0.05) is 41.7 Å². The summed E-state index contributed by atoms with van der Waals surface area (Å²) in [5, 5.41) is 5.80. The number of hydrogen-bond donors (Lipinski definition) is 4. The Morgan fingerprint density at radius 1 is 1.04 bits per heavy atom. The van der Waals surface area contributed by atoms with E-state index in [1.165, 1.54) is 6.07 Å². The zero-order chi connectivity index (χ0) is 17.3. The number of thiophene rings is 1. The van der Waals surface area contributed by atoms with E-state index in [4.69, 9.17) is 11.5 Å². The highest BCUT2D eigenvalue weighted by Crippen LogP contribution is 2.49. The number of anilines is 2. The number of urea groups is 1. The van der Waals surface area contributed by atoms with E-state index in [2.05, 4.69) is 10.6 Å². The van der Waals surface area contributed by atoms with Gasteiger partial charge >= 0.3 is 6.03 Å². The molecule has 0 saturated heterocycles. The van der Waals surface area contributed by atoms with Crippen LogP contribution in [0.2, 0.25) is 0 Å². The van der Waals surface area contributed by atoms with E-state index in [0.29, 0.717) is 5.00 Å². The zero-order valence-electron chi connectivity index (χ0n) is 12.7. The number of rotatable bonds is 5. The van der Waals surface area contributed by atoms with Crippen molar-refractivity contribution in [3.63, 3.8) is 0 Å². The SMILES string of the molecule is NC(=O)Nc1sc(NC(=O)C2(c3ccccc3)CC2)cc1C(N)=O. The summed E-state index contributed by atoms with van der Waals surface area (Å²) in [6.07, 6.45) is 1.53. The van der Waals surface area contributed by atoms with Crippen molar-refractivity contribution in [2.24, 2.45) is 11.5 Å². The van der Waals surface area contributed by atoms with Gasteiger partial charge in [0.05, 0.1) is 16.0 Å². The molecule has 6 N–H and O–H groups in total. The summed E-state index contributed by atoms with van der Waals surface area (Å²) in [7, 11) is 0. The fraction of sp³-hybridized carbons (Fsp3) is 0.188. The van der Waals surface area contributed by atoms with Gasteiger partial charge in [-0.15, -0.1) is 0 Å². The van der Waals surface area contributed by atoms with Crippen molar-refractivity contribution < 1.29 is 14.4 Å². The average Bonchev–Trinajstić information content (AvgIpc) is 3.26. The molecule has 124 valence electrons. The lowest BCUT2D eigenvalue weighted by Crippen LogP contribution is -2.27. The molecule has 1 aliphatic carbocycles. The number of carbonyl (C=O) groups is 3. The van der Waals surface area contributed by atoms with E-state index in [-0.39, 0.29) is 16.5 Å².